The molecular weight excluding hydrogens is 325 g/mol. The summed E-state index contributed by atoms with van der Waals surface area (Å²) in [6.07, 6.45) is 0.406. The number of aldehydes is 1. The highest BCUT2D eigenvalue weighted by molar-refractivity contribution is 8.14. The first-order valence-corrected chi connectivity index (χ1v) is 8.23. The van der Waals surface area contributed by atoms with Gasteiger partial charge in [-0.3, -0.25) is 4.79 Å². The molecule has 0 radical (unpaired) electrons. The molecule has 0 fully saturated rings. The third-order valence-electron chi connectivity index (χ3n) is 2.39. The van der Waals surface area contributed by atoms with E-state index >= 15 is 0 Å². The van der Waals surface area contributed by atoms with Crippen LogP contribution in [0.5, 0.6) is 0 Å². The lowest BCUT2D eigenvalue weighted by Gasteiger charge is -1.95. The molecule has 1 N–H and O–H groups in total. The maximum atomic E-state index is 11.3. The predicted octanol–water partition coefficient (Wildman–Crippen LogP) is 3.21. The second-order valence-electron chi connectivity index (χ2n) is 3.69. The minimum absolute atomic E-state index is 0.0766. The lowest BCUT2D eigenvalue weighted by Crippen LogP contribution is -1.94. The van der Waals surface area contributed by atoms with E-state index < -0.39 is 9.05 Å². The molecule has 1 aromatic carbocycles. The number of halogens is 2. The van der Waals surface area contributed by atoms with Crippen LogP contribution in [-0.2, 0) is 13.8 Å². The SMILES string of the molecule is CCOC.O=Cc1[nH]c2ccc(Cl)cc2c1S(=O)(=O)Cl. The third kappa shape index (κ3) is 3.96. The Kier molecular flexibility index (Phi) is 6.01. The topological polar surface area (TPSA) is 76.2 Å². The summed E-state index contributed by atoms with van der Waals surface area (Å²) in [5.74, 6) is 0. The molecule has 0 aliphatic carbocycles. The molecule has 0 atom stereocenters. The lowest BCUT2D eigenvalue weighted by atomic mass is 10.2. The van der Waals surface area contributed by atoms with E-state index in [0.717, 1.165) is 6.61 Å². The van der Waals surface area contributed by atoms with E-state index in [1.165, 1.54) is 6.07 Å². The minimum Gasteiger partial charge on any atom is -0.385 e. The number of aromatic nitrogens is 1. The Labute approximate surface area is 126 Å². The summed E-state index contributed by atoms with van der Waals surface area (Å²) >= 11 is 5.75. The zero-order valence-electron chi connectivity index (χ0n) is 10.8. The molecule has 0 amide bonds. The van der Waals surface area contributed by atoms with Crippen molar-refractivity contribution in [3.63, 3.8) is 0 Å². The maximum Gasteiger partial charge on any atom is 0.264 e. The monoisotopic (exact) mass is 337 g/mol. The van der Waals surface area contributed by atoms with Crippen molar-refractivity contribution in [1.82, 2.24) is 4.98 Å². The number of methoxy groups -OCH3 is 1. The van der Waals surface area contributed by atoms with Gasteiger partial charge in [-0.25, -0.2) is 8.42 Å². The second kappa shape index (κ2) is 7.08. The number of aromatic amines is 1. The Hall–Kier alpha value is -1.08. The molecule has 8 heteroatoms. The molecule has 0 spiro atoms. The van der Waals surface area contributed by atoms with Crippen LogP contribution in [0.25, 0.3) is 10.9 Å². The molecule has 2 aromatic rings. The summed E-state index contributed by atoms with van der Waals surface area (Å²) in [6.45, 7) is 2.78. The van der Waals surface area contributed by atoms with E-state index in [1.54, 1.807) is 19.2 Å². The van der Waals surface area contributed by atoms with E-state index in [1.807, 2.05) is 6.92 Å². The molecule has 5 nitrogen and oxygen atoms in total. The highest BCUT2D eigenvalue weighted by Gasteiger charge is 2.22. The first-order valence-electron chi connectivity index (χ1n) is 5.55. The van der Waals surface area contributed by atoms with Gasteiger partial charge in [-0.05, 0) is 25.1 Å². The quantitative estimate of drug-likeness (QED) is 0.689. The summed E-state index contributed by atoms with van der Waals surface area (Å²) in [7, 11) is 2.95. The zero-order valence-corrected chi connectivity index (χ0v) is 13.1. The number of nitrogens with one attached hydrogen (secondary N) is 1. The Morgan fingerprint density at radius 1 is 1.40 bits per heavy atom. The van der Waals surface area contributed by atoms with E-state index in [2.05, 4.69) is 9.72 Å². The lowest BCUT2D eigenvalue weighted by molar-refractivity contribution is 0.111. The van der Waals surface area contributed by atoms with E-state index in [4.69, 9.17) is 22.3 Å². The van der Waals surface area contributed by atoms with Crippen LogP contribution in [0.1, 0.15) is 17.4 Å². The number of H-pyrrole nitrogens is 1. The van der Waals surface area contributed by atoms with Crippen molar-refractivity contribution in [2.45, 2.75) is 11.8 Å². The van der Waals surface area contributed by atoms with Crippen LogP contribution in [0.15, 0.2) is 23.1 Å². The van der Waals surface area contributed by atoms with Gasteiger partial charge in [0.25, 0.3) is 9.05 Å². The van der Waals surface area contributed by atoms with Crippen LogP contribution in [0.3, 0.4) is 0 Å². The first kappa shape index (κ1) is 17.0. The Balaban J connectivity index is 0.000000444. The molecule has 0 aliphatic heterocycles. The number of carbonyl (C=O) groups is 1. The van der Waals surface area contributed by atoms with E-state index in [-0.39, 0.29) is 10.6 Å². The Bertz CT molecular complexity index is 708. The van der Waals surface area contributed by atoms with Crippen molar-refractivity contribution >= 4 is 48.5 Å². The largest absolute Gasteiger partial charge is 0.385 e. The first-order chi connectivity index (χ1) is 9.35. The van der Waals surface area contributed by atoms with Gasteiger partial charge in [0.15, 0.2) is 6.29 Å². The van der Waals surface area contributed by atoms with Gasteiger partial charge >= 0.3 is 0 Å². The molecule has 0 aliphatic rings. The Morgan fingerprint density at radius 3 is 2.45 bits per heavy atom. The van der Waals surface area contributed by atoms with Gasteiger partial charge in [0.2, 0.25) is 0 Å². The molecule has 2 rings (SSSR count). The van der Waals surface area contributed by atoms with Crippen molar-refractivity contribution < 1.29 is 17.9 Å². The number of hydrogen-bond acceptors (Lipinski definition) is 4. The third-order valence-corrected chi connectivity index (χ3v) is 4.02. The van der Waals surface area contributed by atoms with Gasteiger partial charge in [-0.2, -0.15) is 0 Å². The number of hydrogen-bond donors (Lipinski definition) is 1. The smallest absolute Gasteiger partial charge is 0.264 e. The number of ether oxygens (including phenoxy) is 1. The van der Waals surface area contributed by atoms with Gasteiger partial charge in [0.05, 0.1) is 5.69 Å². The zero-order chi connectivity index (χ0) is 15.3. The number of rotatable bonds is 3. The van der Waals surface area contributed by atoms with E-state index in [9.17, 15) is 13.2 Å². The van der Waals surface area contributed by atoms with Gasteiger partial charge in [-0.1, -0.05) is 11.6 Å². The summed E-state index contributed by atoms with van der Waals surface area (Å²) in [5, 5.41) is 0.676. The highest BCUT2D eigenvalue weighted by atomic mass is 35.7. The average Bonchev–Trinajstić information content (AvgIpc) is 2.76. The molecule has 110 valence electrons. The van der Waals surface area contributed by atoms with Crippen molar-refractivity contribution in [3.8, 4) is 0 Å². The molecular formula is C12H13Cl2NO4S. The van der Waals surface area contributed by atoms with Gasteiger partial charge < -0.3 is 9.72 Å². The van der Waals surface area contributed by atoms with Crippen LogP contribution in [0.4, 0.5) is 0 Å². The standard InChI is InChI=1S/C9H5Cl2NO3S.C3H8O/c10-5-1-2-7-6(3-5)9(16(11,14)15)8(4-13)12-7;1-3-4-2/h1-4,12H;3H2,1-2H3. The average molecular weight is 338 g/mol. The van der Waals surface area contributed by atoms with Crippen molar-refractivity contribution in [2.24, 2.45) is 0 Å². The molecule has 0 saturated carbocycles. The minimum atomic E-state index is -3.99. The fourth-order valence-electron chi connectivity index (χ4n) is 1.51. The second-order valence-corrected chi connectivity index (χ2v) is 6.63. The normalized spacial score (nSPS) is 11.0. The van der Waals surface area contributed by atoms with Gasteiger partial charge in [0, 0.05) is 40.3 Å². The summed E-state index contributed by atoms with van der Waals surface area (Å²) in [4.78, 5) is 13.2. The fourth-order valence-corrected chi connectivity index (χ4v) is 2.97. The van der Waals surface area contributed by atoms with Crippen LogP contribution >= 0.6 is 22.3 Å². The molecule has 1 aromatic heterocycles. The van der Waals surface area contributed by atoms with Crippen LogP contribution in [-0.4, -0.2) is 33.4 Å². The molecule has 0 unspecified atom stereocenters. The number of fused-ring (bicyclic) bond motifs is 1. The molecule has 1 heterocycles. The Morgan fingerprint density at radius 2 is 2.00 bits per heavy atom. The van der Waals surface area contributed by atoms with Crippen LogP contribution in [0, 0.1) is 0 Å². The molecule has 20 heavy (non-hydrogen) atoms. The van der Waals surface area contributed by atoms with Crippen molar-refractivity contribution in [2.75, 3.05) is 13.7 Å². The molecule has 0 saturated heterocycles. The van der Waals surface area contributed by atoms with E-state index in [0.29, 0.717) is 22.2 Å². The van der Waals surface area contributed by atoms with Crippen LogP contribution in [0.2, 0.25) is 5.02 Å². The molecule has 0 bridgehead atoms. The predicted molar refractivity (Wildman–Crippen MR) is 79.3 cm³/mol. The summed E-state index contributed by atoms with van der Waals surface area (Å²) in [6, 6.07) is 4.60. The maximum absolute atomic E-state index is 11.3. The number of benzene rings is 1. The van der Waals surface area contributed by atoms with Crippen molar-refractivity contribution in [3.05, 3.63) is 28.9 Å². The van der Waals surface area contributed by atoms with Gasteiger partial charge in [0.1, 0.15) is 4.90 Å². The summed E-state index contributed by atoms with van der Waals surface area (Å²) < 4.78 is 27.2. The number of carbonyl (C=O) groups excluding carboxylic acids is 1. The van der Waals surface area contributed by atoms with Gasteiger partial charge in [-0.15, -0.1) is 0 Å². The van der Waals surface area contributed by atoms with Crippen LogP contribution < -0.4 is 0 Å². The fraction of sp³-hybridized carbons (Fsp3) is 0.250. The highest BCUT2D eigenvalue weighted by Crippen LogP contribution is 2.30. The van der Waals surface area contributed by atoms with Crippen molar-refractivity contribution in [1.29, 1.82) is 0 Å². The summed E-state index contributed by atoms with van der Waals surface area (Å²) in [5.41, 5.74) is 0.415.